The Morgan fingerprint density at radius 3 is 1.87 bits per heavy atom. The first kappa shape index (κ1) is 85.2. The van der Waals surface area contributed by atoms with Crippen LogP contribution in [0.25, 0.3) is 0 Å². The molecule has 105 heavy (non-hydrogen) atoms. The summed E-state index contributed by atoms with van der Waals surface area (Å²) in [5, 5.41) is 8.59. The number of ether oxygens (including phenoxy) is 1. The van der Waals surface area contributed by atoms with Gasteiger partial charge in [0.2, 0.25) is 70.9 Å². The van der Waals surface area contributed by atoms with Crippen molar-refractivity contribution in [2.24, 2.45) is 41.4 Å². The Hall–Kier alpha value is -7.01. The number of amides is 12. The monoisotopic (exact) mass is 1490 g/mol. The third-order valence-corrected chi connectivity index (χ3v) is 23.7. The highest BCUT2D eigenvalue weighted by molar-refractivity contribution is 6.01. The largest absolute Gasteiger partial charge is 0.397 e. The summed E-state index contributed by atoms with van der Waals surface area (Å²) in [6.07, 6.45) is -3.19. The van der Waals surface area contributed by atoms with Gasteiger partial charge in [-0.15, -0.1) is 0 Å². The molecule has 0 aromatic carbocycles. The molecule has 0 radical (unpaired) electrons. The number of nitrogens with one attached hydrogen (secondary N) is 3. The first-order valence-corrected chi connectivity index (χ1v) is 38.3. The van der Waals surface area contributed by atoms with Crippen molar-refractivity contribution < 1.29 is 84.2 Å². The Labute approximate surface area is 616 Å². The first-order chi connectivity index (χ1) is 49.4. The van der Waals surface area contributed by atoms with Crippen LogP contribution in [0.5, 0.6) is 0 Å². The van der Waals surface area contributed by atoms with Crippen molar-refractivity contribution in [1.82, 2.24) is 60.0 Å². The number of rotatable bonds is 13. The zero-order valence-corrected chi connectivity index (χ0v) is 64.4. The first-order valence-electron chi connectivity index (χ1n) is 38.3. The molecule has 7 aliphatic rings. The summed E-state index contributed by atoms with van der Waals surface area (Å²) in [4.78, 5) is 192. The second kappa shape index (κ2) is 37.2. The quantitative estimate of drug-likeness (QED) is 0.145. The molecule has 25 nitrogen and oxygen atoms in total. The summed E-state index contributed by atoms with van der Waals surface area (Å²) in [5.74, 6) is -13.2. The molecular formula is C75H119F5N12O13. The number of likely N-dealkylation sites (N-methyl/N-ethyl adjacent to an activating group) is 7. The number of fused-ring (bicyclic) bond motifs is 3. The molecule has 4 aliphatic carbocycles. The lowest BCUT2D eigenvalue weighted by molar-refractivity contribution is -0.219. The molecule has 2 unspecified atom stereocenters. The van der Waals surface area contributed by atoms with Gasteiger partial charge in [0.1, 0.15) is 72.1 Å². The summed E-state index contributed by atoms with van der Waals surface area (Å²) >= 11 is 0. The molecule has 0 aromatic heterocycles. The maximum atomic E-state index is 15.5. The molecule has 0 aromatic rings. The molecule has 3 aliphatic heterocycles. The van der Waals surface area contributed by atoms with E-state index >= 15 is 37.5 Å². The van der Waals surface area contributed by atoms with E-state index in [1.165, 1.54) is 85.8 Å². The summed E-state index contributed by atoms with van der Waals surface area (Å²) in [6, 6.07) is -10.6. The highest BCUT2D eigenvalue weighted by Crippen LogP contribution is 2.45. The van der Waals surface area contributed by atoms with Crippen LogP contribution in [0.1, 0.15) is 183 Å². The Morgan fingerprint density at radius 1 is 0.667 bits per heavy atom. The second-order valence-electron chi connectivity index (χ2n) is 32.0. The van der Waals surface area contributed by atoms with Gasteiger partial charge in [-0.2, -0.15) is 13.2 Å². The Morgan fingerprint density at radius 2 is 1.30 bits per heavy atom. The van der Waals surface area contributed by atoms with Gasteiger partial charge in [-0.05, 0) is 126 Å². The van der Waals surface area contributed by atoms with E-state index in [-0.39, 0.29) is 82.9 Å². The van der Waals surface area contributed by atoms with Crippen LogP contribution in [-0.2, 0) is 62.3 Å². The van der Waals surface area contributed by atoms with Crippen LogP contribution in [0.15, 0.2) is 12.2 Å². The molecule has 12 atom stereocenters. The average molecular weight is 1490 g/mol. The van der Waals surface area contributed by atoms with Crippen molar-refractivity contribution >= 4 is 70.9 Å². The fourth-order valence-electron chi connectivity index (χ4n) is 16.8. The van der Waals surface area contributed by atoms with E-state index in [9.17, 15) is 41.9 Å². The van der Waals surface area contributed by atoms with E-state index in [4.69, 9.17) is 4.74 Å². The summed E-state index contributed by atoms with van der Waals surface area (Å²) in [5.41, 5.74) is -1.64. The van der Waals surface area contributed by atoms with Gasteiger partial charge in [0.15, 0.2) is 0 Å². The lowest BCUT2D eigenvalue weighted by atomic mass is 9.74. The lowest BCUT2D eigenvalue weighted by Crippen LogP contribution is -2.68. The van der Waals surface area contributed by atoms with E-state index in [1.807, 2.05) is 26.8 Å². The second-order valence-corrected chi connectivity index (χ2v) is 32.0. The van der Waals surface area contributed by atoms with Crippen molar-refractivity contribution in [2.75, 3.05) is 89.2 Å². The highest BCUT2D eigenvalue weighted by Gasteiger charge is 2.56. The summed E-state index contributed by atoms with van der Waals surface area (Å²) in [6.45, 7) is 9.74. The van der Waals surface area contributed by atoms with E-state index in [0.29, 0.717) is 50.9 Å². The van der Waals surface area contributed by atoms with Crippen LogP contribution in [0.4, 0.5) is 22.0 Å². The molecule has 2 saturated heterocycles. The maximum absolute atomic E-state index is 15.5. The molecule has 2 bridgehead atoms. The molecule has 3 heterocycles. The Balaban J connectivity index is 1.32. The fraction of sp³-hybridized carbons (Fsp3) is 0.813. The van der Waals surface area contributed by atoms with Gasteiger partial charge in [0.05, 0.1) is 25.6 Å². The standard InChI is InChI=1S/C75H119F5N12O13/c1-15-46(6)63-71(102)86(10)43-61(95)87(11)54-25-18-17-21-34-91(70(54)101)58(38-47-28-26-45(5)27-29-47)69(100)85(9)42-59(93)81-53(31-30-48-36-51(76)62(52(77)37-48)75(78,79)80)67(98)92-41-50(105-16-2)39-56(92)66(97)83-74(32-22-33-74)73(104)90(14)64(49-23-19-20-24-49)72(103)89(13)57(68(99)84(7)8)40-60(94)88(12)55(35-44(3)4)65(96)82-63/h17-18,44-58,62-64H,15-16,19-43H2,1-14H3,(H,81,93)(H,82,96)(H,83,97)/b18-17-/t45?,46-,47?,48?,50+,51?,52?,53-,54-,55-,56-,57-,58-,62?,63-,64-/m0/s1. The molecule has 1 spiro atoms. The van der Waals surface area contributed by atoms with E-state index < -0.39 is 205 Å². The SMILES string of the molecule is CCO[C@@H]1C[C@H]2C(=O)NC3(CCC3)C(=O)N(C)[C@@H](C3CCCC3)C(=O)N(C)[C@H](C(=O)N(C)C)CC(=O)N(C)[C@@H](CC(C)C)C(=O)N[C@@H]([C@@H](C)CC)C(=O)N(C)CC(=O)N(C)[C@H]3C/C=C\CCN(C3=O)[C@@H](CC3CCC(C)CC3)C(=O)N(C)CC(=O)N[C@@H](CCC3CC(F)C(C(F)(F)F)C(F)C3)C(=O)N2C1. The fourth-order valence-corrected chi connectivity index (χ4v) is 16.8. The number of hydrogen-bond donors (Lipinski definition) is 3. The molecule has 4 saturated carbocycles. The minimum atomic E-state index is -5.17. The van der Waals surface area contributed by atoms with Crippen LogP contribution >= 0.6 is 0 Å². The number of hydrogen-bond acceptors (Lipinski definition) is 13. The predicted octanol–water partition coefficient (Wildman–Crippen LogP) is 5.81. The van der Waals surface area contributed by atoms with Gasteiger partial charge in [0, 0.05) is 82.5 Å². The molecule has 30 heteroatoms. The van der Waals surface area contributed by atoms with Gasteiger partial charge >= 0.3 is 6.18 Å². The highest BCUT2D eigenvalue weighted by atomic mass is 19.4. The van der Waals surface area contributed by atoms with Crippen molar-refractivity contribution in [3.63, 3.8) is 0 Å². The van der Waals surface area contributed by atoms with Gasteiger partial charge < -0.3 is 64.8 Å². The van der Waals surface area contributed by atoms with Crippen LogP contribution in [0, 0.1) is 41.4 Å². The van der Waals surface area contributed by atoms with Gasteiger partial charge in [-0.3, -0.25) is 57.5 Å². The zero-order chi connectivity index (χ0) is 77.9. The van der Waals surface area contributed by atoms with Gasteiger partial charge in [0.25, 0.3) is 0 Å². The number of carbonyl (C=O) groups is 12. The molecular weight excluding hydrogens is 1370 g/mol. The van der Waals surface area contributed by atoms with Crippen LogP contribution < -0.4 is 16.0 Å². The number of carbonyl (C=O) groups excluding carboxylic acids is 12. The van der Waals surface area contributed by atoms with Crippen LogP contribution in [0.2, 0.25) is 0 Å². The normalized spacial score (nSPS) is 32.4. The summed E-state index contributed by atoms with van der Waals surface area (Å²) < 4.78 is 78.9. The molecule has 592 valence electrons. The topological polar surface area (TPSA) is 279 Å². The maximum Gasteiger partial charge on any atom is 0.397 e. The van der Waals surface area contributed by atoms with E-state index in [0.717, 1.165) is 40.4 Å². The third kappa shape index (κ3) is 20.8. The smallest absolute Gasteiger partial charge is 0.377 e. The van der Waals surface area contributed by atoms with Gasteiger partial charge in [-0.25, -0.2) is 8.78 Å². The Kier molecular flexibility index (Phi) is 30.2. The van der Waals surface area contributed by atoms with Crippen molar-refractivity contribution in [3.8, 4) is 0 Å². The minimum Gasteiger partial charge on any atom is -0.377 e. The number of nitrogens with zero attached hydrogens (tertiary/aromatic N) is 9. The van der Waals surface area contributed by atoms with Crippen LogP contribution in [0.3, 0.4) is 0 Å². The number of alkyl halides is 5. The van der Waals surface area contributed by atoms with Crippen molar-refractivity contribution in [2.45, 2.75) is 261 Å². The van der Waals surface area contributed by atoms with E-state index in [1.54, 1.807) is 19.9 Å². The molecule has 6 fully saturated rings. The minimum absolute atomic E-state index is 0.0142. The summed E-state index contributed by atoms with van der Waals surface area (Å²) in [7, 11) is 11.3. The molecule has 7 rings (SSSR count). The average Bonchev–Trinajstić information content (AvgIpc) is 1.67. The Bertz CT molecular complexity index is 3110. The molecule has 3 N–H and O–H groups in total. The van der Waals surface area contributed by atoms with Crippen molar-refractivity contribution in [1.29, 1.82) is 0 Å². The predicted molar refractivity (Wildman–Crippen MR) is 381 cm³/mol. The van der Waals surface area contributed by atoms with E-state index in [2.05, 4.69) is 22.9 Å². The van der Waals surface area contributed by atoms with Crippen molar-refractivity contribution in [3.05, 3.63) is 12.2 Å². The number of halogens is 5. The van der Waals surface area contributed by atoms with Gasteiger partial charge in [-0.1, -0.05) is 91.7 Å². The molecule has 12 amide bonds. The third-order valence-electron chi connectivity index (χ3n) is 23.7. The zero-order valence-electron chi connectivity index (χ0n) is 64.4. The lowest BCUT2D eigenvalue weighted by Gasteiger charge is -2.46. The van der Waals surface area contributed by atoms with Crippen LogP contribution in [-0.4, -0.2) is 283 Å².